The third kappa shape index (κ3) is 1.24. The summed E-state index contributed by atoms with van der Waals surface area (Å²) in [6.45, 7) is 0. The number of fused-ring (bicyclic) bond motifs is 1. The molecule has 0 aliphatic rings. The van der Waals surface area contributed by atoms with Crippen molar-refractivity contribution >= 4 is 26.8 Å². The Balaban J connectivity index is 2.83. The quantitative estimate of drug-likeness (QED) is 0.620. The van der Waals surface area contributed by atoms with Crippen LogP contribution in [0.5, 0.6) is 0 Å². The number of hydrogen-bond donors (Lipinski definition) is 0. The molecule has 2 nitrogen and oxygen atoms in total. The summed E-state index contributed by atoms with van der Waals surface area (Å²) < 4.78 is 0.838. The van der Waals surface area contributed by atoms with Crippen LogP contribution < -0.4 is 0 Å². The number of hydrogen-bond acceptors (Lipinski definition) is 2. The van der Waals surface area contributed by atoms with Crippen LogP contribution in [0.1, 0.15) is 0 Å². The Morgan fingerprint density at radius 1 is 1.36 bits per heavy atom. The molecule has 2 heterocycles. The van der Waals surface area contributed by atoms with Crippen LogP contribution in [0.2, 0.25) is 0 Å². The molecule has 0 saturated carbocycles. The predicted molar refractivity (Wildman–Crippen MR) is 46.1 cm³/mol. The van der Waals surface area contributed by atoms with E-state index in [0.29, 0.717) is 0 Å². The van der Waals surface area contributed by atoms with E-state index in [1.807, 2.05) is 12.1 Å². The van der Waals surface area contributed by atoms with Gasteiger partial charge in [0.15, 0.2) is 0 Å². The molecular formula is C8H4BrN2. The topological polar surface area (TPSA) is 25.8 Å². The van der Waals surface area contributed by atoms with Gasteiger partial charge in [-0.2, -0.15) is 0 Å². The molecule has 0 bridgehead atoms. The maximum atomic E-state index is 4.22. The Labute approximate surface area is 72.4 Å². The van der Waals surface area contributed by atoms with Gasteiger partial charge in [0.2, 0.25) is 0 Å². The fourth-order valence-electron chi connectivity index (χ4n) is 0.891. The highest BCUT2D eigenvalue weighted by Gasteiger charge is 1.93. The van der Waals surface area contributed by atoms with Gasteiger partial charge in [0, 0.05) is 11.6 Å². The van der Waals surface area contributed by atoms with Crippen molar-refractivity contribution in [3.05, 3.63) is 35.2 Å². The number of rotatable bonds is 0. The Bertz CT molecular complexity index is 387. The van der Waals surface area contributed by atoms with Gasteiger partial charge >= 0.3 is 0 Å². The molecule has 0 aromatic carbocycles. The van der Waals surface area contributed by atoms with E-state index >= 15 is 0 Å². The Kier molecular flexibility index (Phi) is 1.58. The molecule has 1 radical (unpaired) electrons. The SMILES string of the molecule is Brc1ccc2cn[c]cc2n1. The standard InChI is InChI=1S/C8H4BrN2/c9-8-2-1-6-5-10-4-3-7(6)11-8/h1-3,5H. The van der Waals surface area contributed by atoms with Gasteiger partial charge in [-0.1, -0.05) is 0 Å². The maximum absolute atomic E-state index is 4.22. The van der Waals surface area contributed by atoms with Crippen LogP contribution in [0, 0.1) is 6.20 Å². The highest BCUT2D eigenvalue weighted by molar-refractivity contribution is 9.10. The molecule has 0 atom stereocenters. The van der Waals surface area contributed by atoms with Gasteiger partial charge in [0.25, 0.3) is 0 Å². The van der Waals surface area contributed by atoms with Gasteiger partial charge in [-0.15, -0.1) is 0 Å². The average molecular weight is 208 g/mol. The van der Waals surface area contributed by atoms with E-state index < -0.39 is 0 Å². The Morgan fingerprint density at radius 3 is 3.18 bits per heavy atom. The average Bonchev–Trinajstić information content (AvgIpc) is 2.04. The highest BCUT2D eigenvalue weighted by Crippen LogP contribution is 2.13. The van der Waals surface area contributed by atoms with E-state index in [1.54, 1.807) is 12.3 Å². The minimum Gasteiger partial charge on any atom is -0.254 e. The van der Waals surface area contributed by atoms with Gasteiger partial charge in [-0.25, -0.2) is 4.98 Å². The zero-order valence-electron chi connectivity index (χ0n) is 5.58. The first-order valence-corrected chi connectivity index (χ1v) is 3.94. The van der Waals surface area contributed by atoms with Crippen molar-refractivity contribution in [2.45, 2.75) is 0 Å². The van der Waals surface area contributed by atoms with Crippen molar-refractivity contribution in [2.75, 3.05) is 0 Å². The summed E-state index contributed by atoms with van der Waals surface area (Å²) in [6, 6.07) is 5.62. The summed E-state index contributed by atoms with van der Waals surface area (Å²) in [4.78, 5) is 8.08. The molecule has 2 aromatic heterocycles. The summed E-state index contributed by atoms with van der Waals surface area (Å²) in [6.07, 6.45) is 4.47. The van der Waals surface area contributed by atoms with E-state index in [9.17, 15) is 0 Å². The highest BCUT2D eigenvalue weighted by atomic mass is 79.9. The van der Waals surface area contributed by atoms with Crippen LogP contribution in [0.4, 0.5) is 0 Å². The molecule has 0 fully saturated rings. The molecule has 0 N–H and O–H groups in total. The van der Waals surface area contributed by atoms with Crippen LogP contribution in [-0.2, 0) is 0 Å². The molecule has 53 valence electrons. The number of aromatic nitrogens is 2. The van der Waals surface area contributed by atoms with E-state index in [4.69, 9.17) is 0 Å². The van der Waals surface area contributed by atoms with Crippen LogP contribution in [0.3, 0.4) is 0 Å². The van der Waals surface area contributed by atoms with E-state index in [1.165, 1.54) is 0 Å². The third-order valence-corrected chi connectivity index (χ3v) is 1.84. The van der Waals surface area contributed by atoms with E-state index in [-0.39, 0.29) is 0 Å². The molecule has 11 heavy (non-hydrogen) atoms. The molecule has 0 aliphatic heterocycles. The normalized spacial score (nSPS) is 10.3. The zero-order valence-corrected chi connectivity index (χ0v) is 7.17. The maximum Gasteiger partial charge on any atom is 0.106 e. The monoisotopic (exact) mass is 207 g/mol. The van der Waals surface area contributed by atoms with Gasteiger partial charge in [0.1, 0.15) is 4.60 Å². The van der Waals surface area contributed by atoms with Crippen molar-refractivity contribution in [1.29, 1.82) is 0 Å². The van der Waals surface area contributed by atoms with Crippen molar-refractivity contribution in [1.82, 2.24) is 9.97 Å². The fraction of sp³-hybridized carbons (Fsp3) is 0. The van der Waals surface area contributed by atoms with Crippen molar-refractivity contribution in [3.8, 4) is 0 Å². The summed E-state index contributed by atoms with van der Waals surface area (Å²) in [5.41, 5.74) is 0.911. The van der Waals surface area contributed by atoms with Gasteiger partial charge in [-0.05, 0) is 34.1 Å². The molecule has 0 unspecified atom stereocenters. The summed E-state index contributed by atoms with van der Waals surface area (Å²) in [7, 11) is 0. The molecule has 0 saturated heterocycles. The third-order valence-electron chi connectivity index (χ3n) is 1.40. The lowest BCUT2D eigenvalue weighted by Gasteiger charge is -1.93. The number of halogens is 1. The smallest absolute Gasteiger partial charge is 0.106 e. The van der Waals surface area contributed by atoms with E-state index in [2.05, 4.69) is 32.1 Å². The molecule has 3 heteroatoms. The second-order valence-corrected chi connectivity index (χ2v) is 2.95. The van der Waals surface area contributed by atoms with Crippen LogP contribution >= 0.6 is 15.9 Å². The second kappa shape index (κ2) is 2.58. The summed E-state index contributed by atoms with van der Waals surface area (Å²) >= 11 is 3.29. The van der Waals surface area contributed by atoms with Crippen LogP contribution in [-0.4, -0.2) is 9.97 Å². The minimum atomic E-state index is 0.838. The largest absolute Gasteiger partial charge is 0.254 e. The molecular weight excluding hydrogens is 204 g/mol. The lowest BCUT2D eigenvalue weighted by molar-refractivity contribution is 1.29. The first kappa shape index (κ1) is 6.73. The molecule has 2 rings (SSSR count). The molecule has 2 aromatic rings. The van der Waals surface area contributed by atoms with Gasteiger partial charge in [0.05, 0.1) is 11.7 Å². The van der Waals surface area contributed by atoms with Gasteiger partial charge in [-0.3, -0.25) is 4.98 Å². The summed E-state index contributed by atoms with van der Waals surface area (Å²) in [5.74, 6) is 0. The first-order chi connectivity index (χ1) is 5.36. The zero-order chi connectivity index (χ0) is 7.68. The fourth-order valence-corrected chi connectivity index (χ4v) is 1.21. The van der Waals surface area contributed by atoms with E-state index in [0.717, 1.165) is 15.5 Å². The molecule has 0 spiro atoms. The number of pyridine rings is 2. The predicted octanol–water partition coefficient (Wildman–Crippen LogP) is 2.19. The van der Waals surface area contributed by atoms with Crippen LogP contribution in [0.15, 0.2) is 29.0 Å². The van der Waals surface area contributed by atoms with Gasteiger partial charge < -0.3 is 0 Å². The Hall–Kier alpha value is -0.960. The van der Waals surface area contributed by atoms with Crippen molar-refractivity contribution in [3.63, 3.8) is 0 Å². The number of nitrogens with zero attached hydrogens (tertiary/aromatic N) is 2. The lowest BCUT2D eigenvalue weighted by atomic mass is 10.3. The molecule has 0 amide bonds. The van der Waals surface area contributed by atoms with Crippen molar-refractivity contribution in [2.24, 2.45) is 0 Å². The van der Waals surface area contributed by atoms with Crippen LogP contribution in [0.25, 0.3) is 10.9 Å². The van der Waals surface area contributed by atoms with Crippen molar-refractivity contribution < 1.29 is 0 Å². The lowest BCUT2D eigenvalue weighted by Crippen LogP contribution is -1.79. The molecule has 0 aliphatic carbocycles. The first-order valence-electron chi connectivity index (χ1n) is 3.14. The summed E-state index contributed by atoms with van der Waals surface area (Å²) in [5, 5.41) is 1.03. The second-order valence-electron chi connectivity index (χ2n) is 2.14. The Morgan fingerprint density at radius 2 is 2.27 bits per heavy atom. The minimum absolute atomic E-state index is 0.838.